The first-order valence-electron chi connectivity index (χ1n) is 9.41. The van der Waals surface area contributed by atoms with Gasteiger partial charge < -0.3 is 0 Å². The van der Waals surface area contributed by atoms with Crippen LogP contribution in [-0.2, 0) is 14.8 Å². The molecule has 158 valence electrons. The molecule has 0 unspecified atom stereocenters. The average molecular weight is 430 g/mol. The number of carbonyl (C=O) groups excluding carboxylic acids is 1. The highest BCUT2D eigenvalue weighted by molar-refractivity contribution is 7.89. The molecule has 9 nitrogen and oxygen atoms in total. The average Bonchev–Trinajstić information content (AvgIpc) is 2.74. The number of carbonyl (C=O) groups is 1. The number of nitrogens with zero attached hydrogens (tertiary/aromatic N) is 3. The lowest BCUT2D eigenvalue weighted by molar-refractivity contribution is -0.384. The SMILES string of the molecule is Cc1ccc(S(=O)(=O)N2CCC(C(=O)N/N=C\c3ccc([N+](=O)[O-])cc3)CC2)cc1. The number of hydrogen-bond acceptors (Lipinski definition) is 6. The molecule has 0 aromatic heterocycles. The molecule has 1 aliphatic heterocycles. The van der Waals surface area contributed by atoms with Crippen molar-refractivity contribution in [3.05, 3.63) is 69.8 Å². The number of aryl methyl sites for hydroxylation is 1. The maximum absolute atomic E-state index is 12.7. The third kappa shape index (κ3) is 5.08. The zero-order valence-corrected chi connectivity index (χ0v) is 17.2. The molecule has 2 aromatic rings. The lowest BCUT2D eigenvalue weighted by Gasteiger charge is -2.30. The highest BCUT2D eigenvalue weighted by Crippen LogP contribution is 2.24. The van der Waals surface area contributed by atoms with Crippen molar-refractivity contribution in [1.82, 2.24) is 9.73 Å². The van der Waals surface area contributed by atoms with Crippen LogP contribution in [0.25, 0.3) is 0 Å². The molecule has 0 bridgehead atoms. The number of nitro groups is 1. The number of rotatable bonds is 6. The van der Waals surface area contributed by atoms with Gasteiger partial charge in [0, 0.05) is 31.1 Å². The van der Waals surface area contributed by atoms with Gasteiger partial charge in [-0.15, -0.1) is 0 Å². The van der Waals surface area contributed by atoms with Crippen LogP contribution < -0.4 is 5.43 Å². The topological polar surface area (TPSA) is 122 Å². The van der Waals surface area contributed by atoms with Gasteiger partial charge in [-0.2, -0.15) is 9.41 Å². The Morgan fingerprint density at radius 3 is 2.30 bits per heavy atom. The van der Waals surface area contributed by atoms with Gasteiger partial charge in [0.1, 0.15) is 0 Å². The highest BCUT2D eigenvalue weighted by Gasteiger charge is 2.32. The van der Waals surface area contributed by atoms with E-state index in [1.807, 2.05) is 6.92 Å². The number of hydrazone groups is 1. The van der Waals surface area contributed by atoms with Crippen molar-refractivity contribution < 1.29 is 18.1 Å². The number of sulfonamides is 1. The van der Waals surface area contributed by atoms with E-state index in [-0.39, 0.29) is 35.5 Å². The normalized spacial score (nSPS) is 15.9. The van der Waals surface area contributed by atoms with Gasteiger partial charge in [0.05, 0.1) is 16.0 Å². The van der Waals surface area contributed by atoms with Crippen LogP contribution in [0.1, 0.15) is 24.0 Å². The predicted molar refractivity (Wildman–Crippen MR) is 111 cm³/mol. The molecular weight excluding hydrogens is 408 g/mol. The summed E-state index contributed by atoms with van der Waals surface area (Å²) in [5.74, 6) is -0.607. The van der Waals surface area contributed by atoms with Gasteiger partial charge in [-0.25, -0.2) is 13.8 Å². The van der Waals surface area contributed by atoms with Gasteiger partial charge in [-0.1, -0.05) is 17.7 Å². The first kappa shape index (κ1) is 21.6. The van der Waals surface area contributed by atoms with Crippen LogP contribution in [0.4, 0.5) is 5.69 Å². The molecule has 30 heavy (non-hydrogen) atoms. The smallest absolute Gasteiger partial charge is 0.269 e. The standard InChI is InChI=1S/C20H22N4O5S/c1-15-2-8-19(9-3-15)30(28,29)23-12-10-17(11-13-23)20(25)22-21-14-16-4-6-18(7-5-16)24(26)27/h2-9,14,17H,10-13H2,1H3,(H,22,25)/b21-14-. The highest BCUT2D eigenvalue weighted by atomic mass is 32.2. The summed E-state index contributed by atoms with van der Waals surface area (Å²) < 4.78 is 26.9. The molecule has 1 N–H and O–H groups in total. The van der Waals surface area contributed by atoms with Crippen LogP contribution in [0, 0.1) is 23.0 Å². The predicted octanol–water partition coefficient (Wildman–Crippen LogP) is 2.45. The second kappa shape index (κ2) is 9.14. The van der Waals surface area contributed by atoms with Crippen LogP contribution in [0.5, 0.6) is 0 Å². The molecule has 0 spiro atoms. The molecule has 3 rings (SSSR count). The Balaban J connectivity index is 1.52. The molecule has 1 fully saturated rings. The van der Waals surface area contributed by atoms with E-state index in [9.17, 15) is 23.3 Å². The Kier molecular flexibility index (Phi) is 6.58. The largest absolute Gasteiger partial charge is 0.273 e. The number of amides is 1. The van der Waals surface area contributed by atoms with E-state index in [0.29, 0.717) is 18.4 Å². The summed E-state index contributed by atoms with van der Waals surface area (Å²) in [6.07, 6.45) is 2.21. The molecule has 10 heteroatoms. The number of piperidine rings is 1. The van der Waals surface area contributed by atoms with E-state index in [0.717, 1.165) is 5.56 Å². The lowest BCUT2D eigenvalue weighted by atomic mass is 9.98. The zero-order chi connectivity index (χ0) is 21.7. The molecule has 0 aliphatic carbocycles. The summed E-state index contributed by atoms with van der Waals surface area (Å²) in [7, 11) is -3.57. The minimum Gasteiger partial charge on any atom is -0.273 e. The van der Waals surface area contributed by atoms with Crippen molar-refractivity contribution in [2.45, 2.75) is 24.7 Å². The van der Waals surface area contributed by atoms with Crippen LogP contribution >= 0.6 is 0 Å². The number of non-ortho nitro benzene ring substituents is 1. The maximum atomic E-state index is 12.7. The number of nitro benzene ring substituents is 1. The van der Waals surface area contributed by atoms with Crippen molar-refractivity contribution in [2.24, 2.45) is 11.0 Å². The van der Waals surface area contributed by atoms with Crippen LogP contribution in [-0.4, -0.2) is 42.9 Å². The number of benzene rings is 2. The Labute approximate surface area is 174 Å². The lowest BCUT2D eigenvalue weighted by Crippen LogP contribution is -2.42. The third-order valence-electron chi connectivity index (χ3n) is 4.98. The summed E-state index contributed by atoms with van der Waals surface area (Å²) in [6.45, 7) is 2.42. The van der Waals surface area contributed by atoms with Gasteiger partial charge >= 0.3 is 0 Å². The summed E-state index contributed by atoms with van der Waals surface area (Å²) in [5, 5.41) is 14.5. The fraction of sp³-hybridized carbons (Fsp3) is 0.300. The number of hydrogen-bond donors (Lipinski definition) is 1. The summed E-state index contributed by atoms with van der Waals surface area (Å²) in [4.78, 5) is 22.7. The molecule has 2 aromatic carbocycles. The molecule has 0 atom stereocenters. The van der Waals surface area contributed by atoms with E-state index in [4.69, 9.17) is 0 Å². The van der Waals surface area contributed by atoms with Crippen LogP contribution in [0.3, 0.4) is 0 Å². The van der Waals surface area contributed by atoms with Gasteiger partial charge in [0.25, 0.3) is 5.69 Å². The summed E-state index contributed by atoms with van der Waals surface area (Å²) in [6, 6.07) is 12.5. The minimum absolute atomic E-state index is 0.0245. The second-order valence-electron chi connectivity index (χ2n) is 7.07. The Morgan fingerprint density at radius 2 is 1.73 bits per heavy atom. The fourth-order valence-corrected chi connectivity index (χ4v) is 4.63. The minimum atomic E-state index is -3.57. The van der Waals surface area contributed by atoms with Gasteiger partial charge in [-0.3, -0.25) is 14.9 Å². The zero-order valence-electron chi connectivity index (χ0n) is 16.4. The summed E-state index contributed by atoms with van der Waals surface area (Å²) >= 11 is 0. The van der Waals surface area contributed by atoms with Gasteiger partial charge in [0.15, 0.2) is 0 Å². The van der Waals surface area contributed by atoms with Crippen molar-refractivity contribution in [2.75, 3.05) is 13.1 Å². The molecule has 1 aliphatic rings. The van der Waals surface area contributed by atoms with Crippen molar-refractivity contribution in [3.8, 4) is 0 Å². The maximum Gasteiger partial charge on any atom is 0.269 e. The van der Waals surface area contributed by atoms with E-state index in [1.54, 1.807) is 24.3 Å². The molecule has 0 saturated carbocycles. The fourth-order valence-electron chi connectivity index (χ4n) is 3.16. The second-order valence-corrected chi connectivity index (χ2v) is 9.01. The Hall–Kier alpha value is -3.11. The quantitative estimate of drug-likeness (QED) is 0.428. The molecular formula is C20H22N4O5S. The van der Waals surface area contributed by atoms with E-state index in [2.05, 4.69) is 10.5 Å². The monoisotopic (exact) mass is 430 g/mol. The van der Waals surface area contributed by atoms with Crippen LogP contribution in [0.2, 0.25) is 0 Å². The first-order chi connectivity index (χ1) is 14.3. The van der Waals surface area contributed by atoms with Crippen LogP contribution in [0.15, 0.2) is 58.5 Å². The Bertz CT molecular complexity index is 1040. The van der Waals surface area contributed by atoms with Crippen molar-refractivity contribution in [3.63, 3.8) is 0 Å². The molecule has 1 heterocycles. The number of nitrogens with one attached hydrogen (secondary N) is 1. The van der Waals surface area contributed by atoms with Gasteiger partial charge in [0.2, 0.25) is 15.9 Å². The summed E-state index contributed by atoms with van der Waals surface area (Å²) in [5.41, 5.74) is 4.03. The van der Waals surface area contributed by atoms with Crippen molar-refractivity contribution >= 4 is 27.8 Å². The molecule has 1 saturated heterocycles. The molecule has 0 radical (unpaired) electrons. The molecule has 1 amide bonds. The van der Waals surface area contributed by atoms with Gasteiger partial charge in [-0.05, 0) is 49.6 Å². The Morgan fingerprint density at radius 1 is 1.13 bits per heavy atom. The van der Waals surface area contributed by atoms with E-state index >= 15 is 0 Å². The first-order valence-corrected chi connectivity index (χ1v) is 10.9. The van der Waals surface area contributed by atoms with Crippen molar-refractivity contribution in [1.29, 1.82) is 0 Å². The van der Waals surface area contributed by atoms with E-state index < -0.39 is 14.9 Å². The third-order valence-corrected chi connectivity index (χ3v) is 6.89. The van der Waals surface area contributed by atoms with E-state index in [1.165, 1.54) is 34.8 Å².